The third-order valence-corrected chi connectivity index (χ3v) is 8.50. The van der Waals surface area contributed by atoms with Crippen LogP contribution in [0.2, 0.25) is 0 Å². The molecule has 2 aromatic rings. The maximum atomic E-state index is 12.8. The van der Waals surface area contributed by atoms with E-state index in [0.29, 0.717) is 25.9 Å². The van der Waals surface area contributed by atoms with E-state index in [-0.39, 0.29) is 29.8 Å². The van der Waals surface area contributed by atoms with Crippen molar-refractivity contribution >= 4 is 23.2 Å². The number of rotatable bonds is 10. The van der Waals surface area contributed by atoms with Crippen LogP contribution >= 0.6 is 11.3 Å². The Morgan fingerprint density at radius 1 is 1.29 bits per heavy atom. The van der Waals surface area contributed by atoms with Gasteiger partial charge in [0.05, 0.1) is 18.7 Å². The van der Waals surface area contributed by atoms with Gasteiger partial charge in [0, 0.05) is 35.3 Å². The highest BCUT2D eigenvalue weighted by atomic mass is 32.1. The lowest BCUT2D eigenvalue weighted by atomic mass is 9.75. The maximum Gasteiger partial charge on any atom is 0.239 e. The molecule has 190 valence electrons. The first-order valence-electron chi connectivity index (χ1n) is 12.9. The average Bonchev–Trinajstić information content (AvgIpc) is 3.42. The number of benzene rings is 1. The number of nitrogens with one attached hydrogen (secondary N) is 2. The van der Waals surface area contributed by atoms with Crippen molar-refractivity contribution in [3.63, 3.8) is 0 Å². The lowest BCUT2D eigenvalue weighted by Gasteiger charge is -2.36. The fourth-order valence-corrected chi connectivity index (χ4v) is 6.74. The third-order valence-electron chi connectivity index (χ3n) is 7.20. The van der Waals surface area contributed by atoms with Gasteiger partial charge in [-0.1, -0.05) is 51.1 Å². The van der Waals surface area contributed by atoms with Crippen LogP contribution in [0.25, 0.3) is 0 Å². The number of aliphatic hydroxyl groups excluding tert-OH is 1. The molecule has 1 aliphatic heterocycles. The van der Waals surface area contributed by atoms with Gasteiger partial charge in [0.1, 0.15) is 0 Å². The number of nitrogens with zero attached hydrogens (tertiary/aromatic N) is 1. The van der Waals surface area contributed by atoms with Crippen molar-refractivity contribution in [3.8, 4) is 0 Å². The van der Waals surface area contributed by atoms with Gasteiger partial charge < -0.3 is 20.6 Å². The zero-order chi connectivity index (χ0) is 25.0. The molecule has 2 heterocycles. The molecule has 2 amide bonds. The molecule has 0 saturated carbocycles. The molecular weight excluding hydrogens is 458 g/mol. The fourth-order valence-electron chi connectivity index (χ4n) is 5.31. The molecule has 1 saturated heterocycles. The molecule has 3 atom stereocenters. The molecular formula is C28H39N3O3S. The van der Waals surface area contributed by atoms with E-state index in [4.69, 9.17) is 0 Å². The molecule has 4 rings (SSSR count). The van der Waals surface area contributed by atoms with Gasteiger partial charge in [-0.25, -0.2) is 0 Å². The van der Waals surface area contributed by atoms with Gasteiger partial charge in [0.25, 0.3) is 0 Å². The number of aryl methyl sites for hydroxylation is 1. The molecule has 0 radical (unpaired) electrons. The van der Waals surface area contributed by atoms with E-state index >= 15 is 0 Å². The second-order valence-electron chi connectivity index (χ2n) is 10.8. The summed E-state index contributed by atoms with van der Waals surface area (Å²) in [5, 5.41) is 17.9. The van der Waals surface area contributed by atoms with Gasteiger partial charge in [-0.3, -0.25) is 9.59 Å². The molecule has 0 bridgehead atoms. The van der Waals surface area contributed by atoms with Gasteiger partial charge in [0.2, 0.25) is 11.8 Å². The number of amides is 2. The number of carbonyl (C=O) groups is 2. The minimum Gasteiger partial charge on any atom is -0.390 e. The zero-order valence-corrected chi connectivity index (χ0v) is 22.0. The van der Waals surface area contributed by atoms with Gasteiger partial charge in [0.15, 0.2) is 0 Å². The summed E-state index contributed by atoms with van der Waals surface area (Å²) in [6, 6.07) is 12.0. The average molecular weight is 498 g/mol. The standard InChI is InChI=1S/C28H39N3O3S/c1-4-20-14-21-23(15-28(2,3)16-25(21)35-20)29-17-24(32)22(13-19-9-6-5-7-10-19)30-26(33)18-31-12-8-11-27(31)34/h5-7,9-10,14,22-24,29,32H,4,8,11-13,15-18H2,1-3H3,(H,30,33)/t22-,23-,24-/m0/s1. The number of likely N-dealkylation sites (tertiary alicyclic amines) is 1. The van der Waals surface area contributed by atoms with Crippen molar-refractivity contribution in [2.24, 2.45) is 5.41 Å². The van der Waals surface area contributed by atoms with E-state index in [0.717, 1.165) is 31.2 Å². The molecule has 0 spiro atoms. The van der Waals surface area contributed by atoms with E-state index in [2.05, 4.69) is 37.5 Å². The summed E-state index contributed by atoms with van der Waals surface area (Å²) in [6.07, 6.45) is 4.23. The fraction of sp³-hybridized carbons (Fsp3) is 0.571. The minimum atomic E-state index is -0.758. The first-order chi connectivity index (χ1) is 16.7. The van der Waals surface area contributed by atoms with Gasteiger partial charge >= 0.3 is 0 Å². The van der Waals surface area contributed by atoms with E-state index in [1.165, 1.54) is 15.3 Å². The summed E-state index contributed by atoms with van der Waals surface area (Å²) < 4.78 is 0. The summed E-state index contributed by atoms with van der Waals surface area (Å²) in [5.74, 6) is -0.188. The Balaban J connectivity index is 1.43. The monoisotopic (exact) mass is 497 g/mol. The summed E-state index contributed by atoms with van der Waals surface area (Å²) in [7, 11) is 0. The number of hydrogen-bond donors (Lipinski definition) is 3. The zero-order valence-electron chi connectivity index (χ0n) is 21.2. The first-order valence-corrected chi connectivity index (χ1v) is 13.7. The van der Waals surface area contributed by atoms with Gasteiger partial charge in [-0.15, -0.1) is 11.3 Å². The van der Waals surface area contributed by atoms with Crippen molar-refractivity contribution in [1.82, 2.24) is 15.5 Å². The summed E-state index contributed by atoms with van der Waals surface area (Å²) >= 11 is 1.92. The molecule has 1 aromatic carbocycles. The van der Waals surface area contributed by atoms with Crippen LogP contribution in [0.4, 0.5) is 0 Å². The van der Waals surface area contributed by atoms with Crippen LogP contribution in [0, 0.1) is 5.41 Å². The lowest BCUT2D eigenvalue weighted by molar-refractivity contribution is -0.133. The van der Waals surface area contributed by atoms with Crippen LogP contribution in [0.5, 0.6) is 0 Å². The highest BCUT2D eigenvalue weighted by molar-refractivity contribution is 7.12. The largest absolute Gasteiger partial charge is 0.390 e. The second kappa shape index (κ2) is 11.2. The third kappa shape index (κ3) is 6.72. The highest BCUT2D eigenvalue weighted by Gasteiger charge is 2.34. The molecule has 3 N–H and O–H groups in total. The first kappa shape index (κ1) is 25.9. The Morgan fingerprint density at radius 2 is 2.06 bits per heavy atom. The van der Waals surface area contributed by atoms with E-state index < -0.39 is 12.1 Å². The lowest BCUT2D eigenvalue weighted by Crippen LogP contribution is -2.51. The highest BCUT2D eigenvalue weighted by Crippen LogP contribution is 2.44. The smallest absolute Gasteiger partial charge is 0.239 e. The predicted octanol–water partition coefficient (Wildman–Crippen LogP) is 3.62. The van der Waals surface area contributed by atoms with Crippen molar-refractivity contribution in [1.29, 1.82) is 0 Å². The van der Waals surface area contributed by atoms with Gasteiger partial charge in [-0.05, 0) is 54.7 Å². The normalized spacial score (nSPS) is 21.0. The Hall–Kier alpha value is -2.22. The number of carbonyl (C=O) groups excluding carboxylic acids is 2. The molecule has 1 fully saturated rings. The van der Waals surface area contributed by atoms with Crippen LogP contribution in [-0.4, -0.2) is 53.6 Å². The Labute approximate surface area is 213 Å². The quantitative estimate of drug-likeness (QED) is 0.468. The van der Waals surface area contributed by atoms with Crippen LogP contribution in [0.3, 0.4) is 0 Å². The van der Waals surface area contributed by atoms with Crippen molar-refractivity contribution < 1.29 is 14.7 Å². The Morgan fingerprint density at radius 3 is 2.74 bits per heavy atom. The molecule has 1 aromatic heterocycles. The topological polar surface area (TPSA) is 81.7 Å². The number of thiophene rings is 1. The molecule has 7 heteroatoms. The van der Waals surface area contributed by atoms with Crippen molar-refractivity contribution in [3.05, 3.63) is 57.3 Å². The van der Waals surface area contributed by atoms with Crippen LogP contribution in [-0.2, 0) is 28.9 Å². The van der Waals surface area contributed by atoms with Crippen LogP contribution < -0.4 is 10.6 Å². The van der Waals surface area contributed by atoms with Crippen molar-refractivity contribution in [2.75, 3.05) is 19.6 Å². The van der Waals surface area contributed by atoms with Crippen LogP contribution in [0.15, 0.2) is 36.4 Å². The van der Waals surface area contributed by atoms with E-state index in [1.54, 1.807) is 4.90 Å². The second-order valence-corrected chi connectivity index (χ2v) is 12.0. The van der Waals surface area contributed by atoms with Crippen LogP contribution in [0.1, 0.15) is 67.0 Å². The maximum absolute atomic E-state index is 12.8. The summed E-state index contributed by atoms with van der Waals surface area (Å²) in [4.78, 5) is 29.2. The molecule has 6 nitrogen and oxygen atoms in total. The van der Waals surface area contributed by atoms with E-state index in [1.807, 2.05) is 41.7 Å². The Kier molecular flexibility index (Phi) is 8.30. The molecule has 2 aliphatic rings. The Bertz CT molecular complexity index is 1020. The number of hydrogen-bond acceptors (Lipinski definition) is 5. The molecule has 35 heavy (non-hydrogen) atoms. The minimum absolute atomic E-state index is 0.0277. The summed E-state index contributed by atoms with van der Waals surface area (Å²) in [6.45, 7) is 7.88. The predicted molar refractivity (Wildman–Crippen MR) is 140 cm³/mol. The van der Waals surface area contributed by atoms with Gasteiger partial charge in [-0.2, -0.15) is 0 Å². The van der Waals surface area contributed by atoms with Crippen molar-refractivity contribution in [2.45, 2.75) is 77.5 Å². The SMILES string of the molecule is CCc1cc2c(s1)CC(C)(C)C[C@@H]2NC[C@H](O)[C@H](Cc1ccccc1)NC(=O)CN1CCCC1=O. The molecule has 0 unspecified atom stereocenters. The molecule has 1 aliphatic carbocycles. The summed E-state index contributed by atoms with van der Waals surface area (Å²) in [5.41, 5.74) is 2.63. The number of fused-ring (bicyclic) bond motifs is 1. The number of aliphatic hydroxyl groups is 1. The van der Waals surface area contributed by atoms with E-state index in [9.17, 15) is 14.7 Å².